The highest BCUT2D eigenvalue weighted by Crippen LogP contribution is 2.07. The van der Waals surface area contributed by atoms with Crippen molar-refractivity contribution in [2.45, 2.75) is 13.1 Å². The number of guanidine groups is 1. The van der Waals surface area contributed by atoms with E-state index in [1.165, 1.54) is 5.56 Å². The van der Waals surface area contributed by atoms with Crippen molar-refractivity contribution >= 4 is 35.8 Å². The minimum absolute atomic E-state index is 0. The fourth-order valence-electron chi connectivity index (χ4n) is 2.82. The molecule has 6 nitrogen and oxygen atoms in total. The van der Waals surface area contributed by atoms with E-state index in [2.05, 4.69) is 32.7 Å². The Kier molecular flexibility index (Phi) is 11.3. The summed E-state index contributed by atoms with van der Waals surface area (Å²) in [6, 6.07) is 18.0. The molecular weight excluding hydrogens is 477 g/mol. The van der Waals surface area contributed by atoms with Gasteiger partial charge in [0.05, 0.1) is 0 Å². The number of benzene rings is 2. The Bertz CT molecular complexity index is 780. The maximum Gasteiger partial charge on any atom is 0.251 e. The third-order valence-electron chi connectivity index (χ3n) is 4.32. The molecule has 0 aliphatic rings. The van der Waals surface area contributed by atoms with Gasteiger partial charge in [-0.2, -0.15) is 0 Å². The van der Waals surface area contributed by atoms with Crippen LogP contribution >= 0.6 is 24.0 Å². The molecule has 0 saturated carbocycles. The quantitative estimate of drug-likeness (QED) is 0.327. The van der Waals surface area contributed by atoms with Gasteiger partial charge in [-0.05, 0) is 37.4 Å². The summed E-state index contributed by atoms with van der Waals surface area (Å²) in [5.74, 6) is 0.763. The van der Waals surface area contributed by atoms with Crippen LogP contribution in [0.4, 0.5) is 0 Å². The van der Waals surface area contributed by atoms with E-state index in [1.807, 2.05) is 68.5 Å². The van der Waals surface area contributed by atoms with Crippen LogP contribution in [0.1, 0.15) is 21.5 Å². The summed E-state index contributed by atoms with van der Waals surface area (Å²) in [7, 11) is 7.76. The van der Waals surface area contributed by atoms with E-state index in [9.17, 15) is 4.79 Å². The third kappa shape index (κ3) is 8.82. The van der Waals surface area contributed by atoms with Crippen molar-refractivity contribution in [1.29, 1.82) is 0 Å². The summed E-state index contributed by atoms with van der Waals surface area (Å²) in [4.78, 5) is 20.8. The average molecular weight is 509 g/mol. The van der Waals surface area contributed by atoms with E-state index in [4.69, 9.17) is 0 Å². The molecule has 2 rings (SSSR count). The van der Waals surface area contributed by atoms with E-state index in [1.54, 1.807) is 7.05 Å². The number of hydrogen-bond donors (Lipinski definition) is 2. The Morgan fingerprint density at radius 1 is 0.966 bits per heavy atom. The summed E-state index contributed by atoms with van der Waals surface area (Å²) in [5.41, 5.74) is 2.93. The normalized spacial score (nSPS) is 11.0. The van der Waals surface area contributed by atoms with E-state index in [-0.39, 0.29) is 29.9 Å². The zero-order valence-corrected chi connectivity index (χ0v) is 20.0. The molecule has 2 N–H and O–H groups in total. The predicted molar refractivity (Wildman–Crippen MR) is 131 cm³/mol. The minimum atomic E-state index is -0.0470. The molecule has 7 heteroatoms. The zero-order chi connectivity index (χ0) is 20.4. The molecule has 0 aromatic heterocycles. The Hall–Kier alpha value is -2.13. The van der Waals surface area contributed by atoms with E-state index < -0.39 is 0 Å². The van der Waals surface area contributed by atoms with Crippen LogP contribution < -0.4 is 10.6 Å². The summed E-state index contributed by atoms with van der Waals surface area (Å²) in [5, 5.41) is 6.31. The largest absolute Gasteiger partial charge is 0.352 e. The lowest BCUT2D eigenvalue weighted by Gasteiger charge is -2.22. The highest BCUT2D eigenvalue weighted by atomic mass is 127. The molecule has 0 saturated heterocycles. The van der Waals surface area contributed by atoms with Crippen molar-refractivity contribution in [1.82, 2.24) is 20.4 Å². The molecule has 0 atom stereocenters. The number of nitrogens with one attached hydrogen (secondary N) is 2. The van der Waals surface area contributed by atoms with Gasteiger partial charge in [-0.3, -0.25) is 9.79 Å². The minimum Gasteiger partial charge on any atom is -0.352 e. The van der Waals surface area contributed by atoms with Crippen molar-refractivity contribution in [3.63, 3.8) is 0 Å². The summed E-state index contributed by atoms with van der Waals surface area (Å²) in [6.07, 6.45) is 0. The maximum atomic E-state index is 12.3. The first-order valence-corrected chi connectivity index (χ1v) is 9.47. The molecule has 29 heavy (non-hydrogen) atoms. The van der Waals surface area contributed by atoms with Gasteiger partial charge in [0, 0.05) is 45.8 Å². The summed E-state index contributed by atoms with van der Waals surface area (Å²) < 4.78 is 0. The molecule has 1 amide bonds. The van der Waals surface area contributed by atoms with Crippen molar-refractivity contribution < 1.29 is 4.79 Å². The number of aliphatic imine (C=N–C) groups is 1. The molecule has 0 heterocycles. The highest BCUT2D eigenvalue weighted by molar-refractivity contribution is 14.0. The van der Waals surface area contributed by atoms with Gasteiger partial charge in [-0.1, -0.05) is 42.5 Å². The second-order valence-electron chi connectivity index (χ2n) is 7.00. The molecule has 0 aliphatic heterocycles. The number of nitrogens with zero attached hydrogens (tertiary/aromatic N) is 3. The smallest absolute Gasteiger partial charge is 0.251 e. The van der Waals surface area contributed by atoms with Crippen molar-refractivity contribution in [2.75, 3.05) is 41.3 Å². The second kappa shape index (κ2) is 13.2. The summed E-state index contributed by atoms with van der Waals surface area (Å²) >= 11 is 0. The molecule has 0 radical (unpaired) electrons. The molecule has 2 aromatic carbocycles. The van der Waals surface area contributed by atoms with Gasteiger partial charge in [-0.25, -0.2) is 0 Å². The Balaban J connectivity index is 0.00000420. The van der Waals surface area contributed by atoms with Crippen LogP contribution in [-0.2, 0) is 13.1 Å². The SMILES string of the molecule is CN=C(NCc1cccc(C(=O)NCCN(C)C)c1)N(C)Cc1ccccc1.I. The number of carbonyl (C=O) groups is 1. The number of amides is 1. The highest BCUT2D eigenvalue weighted by Gasteiger charge is 2.09. The lowest BCUT2D eigenvalue weighted by atomic mass is 10.1. The van der Waals surface area contributed by atoms with Gasteiger partial charge >= 0.3 is 0 Å². The monoisotopic (exact) mass is 509 g/mol. The van der Waals surface area contributed by atoms with Crippen molar-refractivity contribution in [3.05, 3.63) is 71.3 Å². The Labute approximate surface area is 191 Å². The molecule has 2 aromatic rings. The molecule has 0 fully saturated rings. The topological polar surface area (TPSA) is 60.0 Å². The van der Waals surface area contributed by atoms with E-state index >= 15 is 0 Å². The van der Waals surface area contributed by atoms with Gasteiger partial charge < -0.3 is 20.4 Å². The average Bonchev–Trinajstić information content (AvgIpc) is 2.69. The van der Waals surface area contributed by atoms with Gasteiger partial charge in [0.2, 0.25) is 0 Å². The Morgan fingerprint density at radius 2 is 1.66 bits per heavy atom. The second-order valence-corrected chi connectivity index (χ2v) is 7.00. The first-order chi connectivity index (χ1) is 13.5. The first kappa shape index (κ1) is 24.9. The van der Waals surface area contributed by atoms with Crippen LogP contribution in [0, 0.1) is 0 Å². The molecule has 0 aliphatic carbocycles. The number of rotatable bonds is 8. The number of hydrogen-bond acceptors (Lipinski definition) is 3. The number of likely N-dealkylation sites (N-methyl/N-ethyl adjacent to an activating group) is 1. The molecule has 158 valence electrons. The fraction of sp³-hybridized carbons (Fsp3) is 0.364. The maximum absolute atomic E-state index is 12.3. The van der Waals surface area contributed by atoms with Crippen LogP contribution in [-0.4, -0.2) is 62.9 Å². The van der Waals surface area contributed by atoms with Crippen molar-refractivity contribution in [2.24, 2.45) is 4.99 Å². The van der Waals surface area contributed by atoms with Crippen LogP contribution in [0.25, 0.3) is 0 Å². The molecule has 0 spiro atoms. The van der Waals surface area contributed by atoms with Crippen LogP contribution in [0.3, 0.4) is 0 Å². The van der Waals surface area contributed by atoms with Crippen LogP contribution in [0.15, 0.2) is 59.6 Å². The zero-order valence-electron chi connectivity index (χ0n) is 17.7. The number of halogens is 1. The lowest BCUT2D eigenvalue weighted by Crippen LogP contribution is -2.38. The Morgan fingerprint density at radius 3 is 2.31 bits per heavy atom. The summed E-state index contributed by atoms with van der Waals surface area (Å²) in [6.45, 7) is 2.82. The molecule has 0 bridgehead atoms. The number of carbonyl (C=O) groups excluding carboxylic acids is 1. The van der Waals surface area contributed by atoms with Crippen molar-refractivity contribution in [3.8, 4) is 0 Å². The van der Waals surface area contributed by atoms with Gasteiger partial charge in [0.25, 0.3) is 5.91 Å². The van der Waals surface area contributed by atoms with E-state index in [0.29, 0.717) is 18.7 Å². The van der Waals surface area contributed by atoms with Gasteiger partial charge in [0.15, 0.2) is 5.96 Å². The van der Waals surface area contributed by atoms with Crippen LogP contribution in [0.2, 0.25) is 0 Å². The first-order valence-electron chi connectivity index (χ1n) is 9.47. The fourth-order valence-corrected chi connectivity index (χ4v) is 2.82. The standard InChI is InChI=1S/C22H31N5O.HI/c1-23-22(27(4)17-18-9-6-5-7-10-18)25-16-19-11-8-12-20(15-19)21(28)24-13-14-26(2)3;/h5-12,15H,13-14,16-17H2,1-4H3,(H,23,25)(H,24,28);1H. The predicted octanol–water partition coefficient (Wildman–Crippen LogP) is 2.80. The van der Waals surface area contributed by atoms with Gasteiger partial charge in [-0.15, -0.1) is 24.0 Å². The molecule has 0 unspecified atom stereocenters. The van der Waals surface area contributed by atoms with Gasteiger partial charge in [0.1, 0.15) is 0 Å². The van der Waals surface area contributed by atoms with E-state index in [0.717, 1.165) is 24.6 Å². The molecular formula is C22H32IN5O. The lowest BCUT2D eigenvalue weighted by molar-refractivity contribution is 0.0951. The third-order valence-corrected chi connectivity index (χ3v) is 4.32. The van der Waals surface area contributed by atoms with Crippen LogP contribution in [0.5, 0.6) is 0 Å².